The van der Waals surface area contributed by atoms with E-state index in [4.69, 9.17) is 19.4 Å². The molecule has 4 heterocycles. The number of aromatic nitrogens is 4. The Kier molecular flexibility index (Phi) is 7.41. The van der Waals surface area contributed by atoms with E-state index in [1.165, 1.54) is 36.3 Å². The van der Waals surface area contributed by atoms with Crippen LogP contribution in [0.5, 0.6) is 0 Å². The van der Waals surface area contributed by atoms with E-state index >= 15 is 0 Å². The van der Waals surface area contributed by atoms with Gasteiger partial charge in [-0.1, -0.05) is 140 Å². The van der Waals surface area contributed by atoms with Crippen molar-refractivity contribution < 1.29 is 4.42 Å². The molecule has 0 N–H and O–H groups in total. The van der Waals surface area contributed by atoms with Gasteiger partial charge in [0.15, 0.2) is 17.5 Å². The lowest BCUT2D eigenvalue weighted by atomic mass is 10.0. The number of hydrogen-bond donors (Lipinski definition) is 0. The van der Waals surface area contributed by atoms with E-state index in [-0.39, 0.29) is 0 Å². The van der Waals surface area contributed by atoms with Crippen molar-refractivity contribution in [3.8, 4) is 51.0 Å². The Hall–Kier alpha value is -7.93. The maximum absolute atomic E-state index is 6.63. The normalized spacial score (nSPS) is 11.9. The molecule has 284 valence electrons. The molecule has 0 aliphatic rings. The van der Waals surface area contributed by atoms with Gasteiger partial charge < -0.3 is 8.98 Å². The first kappa shape index (κ1) is 34.0. The van der Waals surface area contributed by atoms with Crippen LogP contribution >= 0.6 is 11.3 Å². The Morgan fingerprint density at radius 2 is 1.03 bits per heavy atom. The van der Waals surface area contributed by atoms with Gasteiger partial charge in [-0.05, 0) is 76.5 Å². The third-order valence-electron chi connectivity index (χ3n) is 12.0. The maximum Gasteiger partial charge on any atom is 0.166 e. The summed E-state index contributed by atoms with van der Waals surface area (Å²) in [7, 11) is 0. The Labute approximate surface area is 353 Å². The zero-order chi connectivity index (χ0) is 40.0. The van der Waals surface area contributed by atoms with Crippen LogP contribution in [0.3, 0.4) is 0 Å². The summed E-state index contributed by atoms with van der Waals surface area (Å²) in [5, 5.41) is 9.09. The van der Waals surface area contributed by atoms with E-state index in [1.807, 2.05) is 18.2 Å². The molecular weight excluding hydrogens is 765 g/mol. The van der Waals surface area contributed by atoms with Crippen molar-refractivity contribution in [2.24, 2.45) is 0 Å². The fourth-order valence-electron chi connectivity index (χ4n) is 9.28. The number of fused-ring (bicyclic) bond motifs is 10. The molecule has 61 heavy (non-hydrogen) atoms. The monoisotopic (exact) mass is 796 g/mol. The first-order valence-corrected chi connectivity index (χ1v) is 21.2. The minimum atomic E-state index is 0.579. The highest BCUT2D eigenvalue weighted by Gasteiger charge is 2.25. The topological polar surface area (TPSA) is 56.7 Å². The standard InChI is InChI=1S/C55H32N4OS/c1-2-14-33(15-3-1)34-18-12-19-37(30-34)53-56-54(41-23-13-27-49-50(41)40-22-8-11-26-48(40)61-49)58-55(57-53)42-28-29-47-51(39-21-7-10-25-46(39)60-47)52(42)59-44-24-9-6-20-38(44)43-31-35-16-4-5-17-36(35)32-45(43)59/h1-32H. The molecule has 0 fully saturated rings. The number of para-hydroxylation sites is 2. The molecular formula is C55H32N4OS. The molecule has 0 saturated heterocycles. The fourth-order valence-corrected chi connectivity index (χ4v) is 10.4. The largest absolute Gasteiger partial charge is 0.456 e. The second-order valence-electron chi connectivity index (χ2n) is 15.5. The molecule has 0 saturated carbocycles. The quantitative estimate of drug-likeness (QED) is 0.174. The molecule has 13 aromatic rings. The molecule has 0 atom stereocenters. The van der Waals surface area contributed by atoms with Crippen LogP contribution in [0, 0.1) is 0 Å². The van der Waals surface area contributed by atoms with Gasteiger partial charge in [0, 0.05) is 53.0 Å². The molecule has 0 aliphatic heterocycles. The van der Waals surface area contributed by atoms with Gasteiger partial charge in [-0.25, -0.2) is 15.0 Å². The minimum absolute atomic E-state index is 0.579. The van der Waals surface area contributed by atoms with E-state index in [0.717, 1.165) is 71.9 Å². The van der Waals surface area contributed by atoms with Crippen LogP contribution in [-0.2, 0) is 0 Å². The van der Waals surface area contributed by atoms with Crippen LogP contribution in [0.1, 0.15) is 0 Å². The van der Waals surface area contributed by atoms with E-state index in [2.05, 4.69) is 180 Å². The van der Waals surface area contributed by atoms with Gasteiger partial charge in [0.2, 0.25) is 0 Å². The molecule has 0 aliphatic carbocycles. The van der Waals surface area contributed by atoms with E-state index in [9.17, 15) is 0 Å². The molecule has 0 unspecified atom stereocenters. The smallest absolute Gasteiger partial charge is 0.166 e. The number of nitrogens with zero attached hydrogens (tertiary/aromatic N) is 4. The molecule has 0 amide bonds. The summed E-state index contributed by atoms with van der Waals surface area (Å²) >= 11 is 1.79. The number of rotatable bonds is 5. The van der Waals surface area contributed by atoms with Crippen molar-refractivity contribution in [1.82, 2.24) is 19.5 Å². The van der Waals surface area contributed by atoms with Crippen molar-refractivity contribution in [2.75, 3.05) is 0 Å². The lowest BCUT2D eigenvalue weighted by molar-refractivity contribution is 0.669. The molecule has 0 bridgehead atoms. The summed E-state index contributed by atoms with van der Waals surface area (Å²) in [4.78, 5) is 16.3. The number of furan rings is 1. The summed E-state index contributed by atoms with van der Waals surface area (Å²) in [6.07, 6.45) is 0. The maximum atomic E-state index is 6.63. The van der Waals surface area contributed by atoms with Crippen molar-refractivity contribution in [3.05, 3.63) is 194 Å². The third-order valence-corrected chi connectivity index (χ3v) is 13.2. The van der Waals surface area contributed by atoms with Gasteiger partial charge in [-0.15, -0.1) is 11.3 Å². The first-order valence-electron chi connectivity index (χ1n) is 20.4. The van der Waals surface area contributed by atoms with Gasteiger partial charge in [-0.2, -0.15) is 0 Å². The number of thiophene rings is 1. The Bertz CT molecular complexity index is 3900. The highest BCUT2D eigenvalue weighted by molar-refractivity contribution is 7.25. The Balaban J connectivity index is 1.16. The summed E-state index contributed by atoms with van der Waals surface area (Å²) in [5.41, 5.74) is 9.76. The molecule has 0 radical (unpaired) electrons. The average Bonchev–Trinajstić information content (AvgIpc) is 4.00. The summed E-state index contributed by atoms with van der Waals surface area (Å²) < 4.78 is 11.5. The molecule has 9 aromatic carbocycles. The molecule has 6 heteroatoms. The van der Waals surface area contributed by atoms with Crippen LogP contribution in [-0.4, -0.2) is 19.5 Å². The van der Waals surface area contributed by atoms with E-state index in [1.54, 1.807) is 11.3 Å². The van der Waals surface area contributed by atoms with Crippen LogP contribution in [0.2, 0.25) is 0 Å². The second-order valence-corrected chi connectivity index (χ2v) is 16.6. The third kappa shape index (κ3) is 5.29. The lowest BCUT2D eigenvalue weighted by Crippen LogP contribution is -2.04. The van der Waals surface area contributed by atoms with Crippen LogP contribution in [0.4, 0.5) is 0 Å². The first-order chi connectivity index (χ1) is 30.2. The minimum Gasteiger partial charge on any atom is -0.456 e. The molecule has 0 spiro atoms. The number of hydrogen-bond acceptors (Lipinski definition) is 5. The van der Waals surface area contributed by atoms with Crippen LogP contribution < -0.4 is 0 Å². The van der Waals surface area contributed by atoms with Gasteiger partial charge in [-0.3, -0.25) is 0 Å². The highest BCUT2D eigenvalue weighted by atomic mass is 32.1. The molecule has 5 nitrogen and oxygen atoms in total. The van der Waals surface area contributed by atoms with Crippen molar-refractivity contribution in [3.63, 3.8) is 0 Å². The fraction of sp³-hybridized carbons (Fsp3) is 0. The average molecular weight is 797 g/mol. The van der Waals surface area contributed by atoms with Crippen molar-refractivity contribution >= 4 is 86.0 Å². The van der Waals surface area contributed by atoms with Crippen molar-refractivity contribution in [2.45, 2.75) is 0 Å². The molecule has 4 aromatic heterocycles. The second kappa shape index (κ2) is 13.3. The lowest BCUT2D eigenvalue weighted by Gasteiger charge is -2.16. The van der Waals surface area contributed by atoms with E-state index < -0.39 is 0 Å². The Morgan fingerprint density at radius 3 is 1.92 bits per heavy atom. The number of benzene rings is 9. The molecule has 13 rings (SSSR count). The summed E-state index contributed by atoms with van der Waals surface area (Å²) in [6.45, 7) is 0. The van der Waals surface area contributed by atoms with Crippen LogP contribution in [0.15, 0.2) is 199 Å². The predicted molar refractivity (Wildman–Crippen MR) is 254 cm³/mol. The van der Waals surface area contributed by atoms with Gasteiger partial charge in [0.1, 0.15) is 11.2 Å². The van der Waals surface area contributed by atoms with Crippen molar-refractivity contribution in [1.29, 1.82) is 0 Å². The summed E-state index contributed by atoms with van der Waals surface area (Å²) in [6, 6.07) is 68.4. The SMILES string of the molecule is c1ccc(-c2cccc(-c3nc(-c4ccc5oc6ccccc6c5c4-n4c5ccccc5c5cc6ccccc6cc54)nc(-c4cccc5sc6ccccc6c45)n3)c2)cc1. The zero-order valence-corrected chi connectivity index (χ0v) is 33.4. The van der Waals surface area contributed by atoms with Gasteiger partial charge in [0.05, 0.1) is 22.1 Å². The van der Waals surface area contributed by atoms with Gasteiger partial charge in [0.25, 0.3) is 0 Å². The zero-order valence-electron chi connectivity index (χ0n) is 32.6. The predicted octanol–water partition coefficient (Wildman–Crippen LogP) is 15.1. The highest BCUT2D eigenvalue weighted by Crippen LogP contribution is 2.45. The van der Waals surface area contributed by atoms with Crippen LogP contribution in [0.25, 0.3) is 126 Å². The Morgan fingerprint density at radius 1 is 0.377 bits per heavy atom. The van der Waals surface area contributed by atoms with Gasteiger partial charge >= 0.3 is 0 Å². The van der Waals surface area contributed by atoms with E-state index in [0.29, 0.717) is 17.5 Å². The summed E-state index contributed by atoms with van der Waals surface area (Å²) in [5.74, 6) is 1.80.